The smallest absolute Gasteiger partial charge is 0.407 e. The molecule has 0 spiro atoms. The van der Waals surface area contributed by atoms with Crippen molar-refractivity contribution in [3.63, 3.8) is 0 Å². The molecule has 140 valence electrons. The van der Waals surface area contributed by atoms with Gasteiger partial charge >= 0.3 is 6.09 Å². The number of aliphatic hydroxyl groups excluding tert-OH is 1. The summed E-state index contributed by atoms with van der Waals surface area (Å²) in [5.74, 6) is 1.06. The van der Waals surface area contributed by atoms with Gasteiger partial charge in [0.15, 0.2) is 0 Å². The van der Waals surface area contributed by atoms with E-state index in [0.29, 0.717) is 24.4 Å². The maximum absolute atomic E-state index is 11.9. The van der Waals surface area contributed by atoms with Crippen LogP contribution in [0.4, 0.5) is 4.79 Å². The summed E-state index contributed by atoms with van der Waals surface area (Å²) in [7, 11) is 0. The average Bonchev–Trinajstić information content (AvgIpc) is 2.50. The lowest BCUT2D eigenvalue weighted by Crippen LogP contribution is -2.46. The number of aliphatic hydroxyl groups is 1. The first-order chi connectivity index (χ1) is 11.3. The summed E-state index contributed by atoms with van der Waals surface area (Å²) < 4.78 is 5.33. The van der Waals surface area contributed by atoms with Gasteiger partial charge in [0.1, 0.15) is 5.60 Å². The summed E-state index contributed by atoms with van der Waals surface area (Å²) in [5, 5.41) is 16.5. The van der Waals surface area contributed by atoms with Gasteiger partial charge in [-0.3, -0.25) is 0 Å². The Morgan fingerprint density at radius 1 is 1.08 bits per heavy atom. The summed E-state index contributed by atoms with van der Waals surface area (Å²) in [6.07, 6.45) is 8.65. The molecule has 0 saturated heterocycles. The van der Waals surface area contributed by atoms with Crippen molar-refractivity contribution >= 4 is 6.09 Å². The largest absolute Gasteiger partial charge is 0.444 e. The highest BCUT2D eigenvalue weighted by Crippen LogP contribution is 2.27. The number of carbonyl (C=O) groups is 1. The maximum atomic E-state index is 11.9. The van der Waals surface area contributed by atoms with Gasteiger partial charge in [-0.15, -0.1) is 0 Å². The molecule has 0 aromatic heterocycles. The second kappa shape index (κ2) is 9.04. The number of nitrogens with one attached hydrogen (secondary N) is 2. The Morgan fingerprint density at radius 3 is 2.54 bits per heavy atom. The lowest BCUT2D eigenvalue weighted by Gasteiger charge is -2.35. The molecule has 0 bridgehead atoms. The molecule has 5 heteroatoms. The Labute approximate surface area is 146 Å². The van der Waals surface area contributed by atoms with E-state index in [1.807, 2.05) is 20.8 Å². The van der Waals surface area contributed by atoms with E-state index in [2.05, 4.69) is 10.6 Å². The first-order valence-corrected chi connectivity index (χ1v) is 9.72. The topological polar surface area (TPSA) is 70.6 Å². The third kappa shape index (κ3) is 6.98. The van der Waals surface area contributed by atoms with E-state index < -0.39 is 5.60 Å². The Hall–Kier alpha value is -0.810. The van der Waals surface area contributed by atoms with E-state index in [-0.39, 0.29) is 12.2 Å². The summed E-state index contributed by atoms with van der Waals surface area (Å²) in [5.41, 5.74) is -0.448. The second-order valence-electron chi connectivity index (χ2n) is 8.63. The fourth-order valence-electron chi connectivity index (χ4n) is 4.02. The van der Waals surface area contributed by atoms with Gasteiger partial charge in [0.25, 0.3) is 0 Å². The molecule has 0 radical (unpaired) electrons. The fraction of sp³-hybridized carbons (Fsp3) is 0.947. The van der Waals surface area contributed by atoms with E-state index in [9.17, 15) is 9.90 Å². The lowest BCUT2D eigenvalue weighted by atomic mass is 9.83. The summed E-state index contributed by atoms with van der Waals surface area (Å²) in [4.78, 5) is 11.9. The van der Waals surface area contributed by atoms with Gasteiger partial charge in [-0.05, 0) is 71.3 Å². The number of hydrogen-bond acceptors (Lipinski definition) is 4. The minimum absolute atomic E-state index is 0.110. The summed E-state index contributed by atoms with van der Waals surface area (Å²) in [6.45, 7) is 7.33. The molecule has 24 heavy (non-hydrogen) atoms. The Morgan fingerprint density at radius 2 is 1.83 bits per heavy atom. The fourth-order valence-corrected chi connectivity index (χ4v) is 4.02. The zero-order chi connectivity index (χ0) is 17.6. The predicted octanol–water partition coefficient (Wildman–Crippen LogP) is 3.21. The van der Waals surface area contributed by atoms with Gasteiger partial charge in [-0.2, -0.15) is 0 Å². The van der Waals surface area contributed by atoms with Gasteiger partial charge in [0, 0.05) is 12.6 Å². The molecule has 4 atom stereocenters. The van der Waals surface area contributed by atoms with Gasteiger partial charge < -0.3 is 20.5 Å². The molecule has 2 fully saturated rings. The minimum Gasteiger partial charge on any atom is -0.444 e. The van der Waals surface area contributed by atoms with Crippen LogP contribution in [0.15, 0.2) is 0 Å². The van der Waals surface area contributed by atoms with Crippen molar-refractivity contribution in [2.45, 2.75) is 89.9 Å². The SMILES string of the molecule is CC(C)(C)OC(=O)NCC1CCCCC1NCC1CCCC(O)C1. The minimum atomic E-state index is -0.448. The van der Waals surface area contributed by atoms with E-state index in [1.165, 1.54) is 25.7 Å². The molecule has 2 aliphatic rings. The van der Waals surface area contributed by atoms with Crippen LogP contribution in [-0.4, -0.2) is 42.0 Å². The molecular formula is C19H36N2O3. The summed E-state index contributed by atoms with van der Waals surface area (Å²) >= 11 is 0. The third-order valence-corrected chi connectivity index (χ3v) is 5.24. The Kier molecular flexibility index (Phi) is 7.35. The molecule has 2 rings (SSSR count). The van der Waals surface area contributed by atoms with Gasteiger partial charge in [0.05, 0.1) is 6.10 Å². The number of alkyl carbamates (subject to hydrolysis) is 1. The van der Waals surface area contributed by atoms with Crippen molar-refractivity contribution in [3.05, 3.63) is 0 Å². The van der Waals surface area contributed by atoms with E-state index in [4.69, 9.17) is 4.74 Å². The van der Waals surface area contributed by atoms with Crippen LogP contribution in [0.25, 0.3) is 0 Å². The molecule has 4 unspecified atom stereocenters. The van der Waals surface area contributed by atoms with Crippen LogP contribution in [0, 0.1) is 11.8 Å². The first-order valence-electron chi connectivity index (χ1n) is 9.72. The van der Waals surface area contributed by atoms with E-state index >= 15 is 0 Å². The van der Waals surface area contributed by atoms with Gasteiger partial charge in [0.2, 0.25) is 0 Å². The predicted molar refractivity (Wildman–Crippen MR) is 96.0 cm³/mol. The highest BCUT2D eigenvalue weighted by molar-refractivity contribution is 5.67. The highest BCUT2D eigenvalue weighted by atomic mass is 16.6. The van der Waals surface area contributed by atoms with Crippen LogP contribution in [-0.2, 0) is 4.74 Å². The second-order valence-corrected chi connectivity index (χ2v) is 8.63. The Bertz CT molecular complexity index is 395. The zero-order valence-corrected chi connectivity index (χ0v) is 15.6. The molecule has 0 aliphatic heterocycles. The summed E-state index contributed by atoms with van der Waals surface area (Å²) in [6, 6.07) is 0.466. The van der Waals surface area contributed by atoms with Gasteiger partial charge in [-0.1, -0.05) is 19.3 Å². The molecule has 3 N–H and O–H groups in total. The maximum Gasteiger partial charge on any atom is 0.407 e. The molecule has 0 heterocycles. The van der Waals surface area contributed by atoms with Crippen molar-refractivity contribution in [1.82, 2.24) is 10.6 Å². The third-order valence-electron chi connectivity index (χ3n) is 5.24. The lowest BCUT2D eigenvalue weighted by molar-refractivity contribution is 0.0508. The molecule has 1 amide bonds. The molecule has 0 aromatic carbocycles. The van der Waals surface area contributed by atoms with Crippen LogP contribution < -0.4 is 10.6 Å². The monoisotopic (exact) mass is 340 g/mol. The van der Waals surface area contributed by atoms with Crippen LogP contribution >= 0.6 is 0 Å². The zero-order valence-electron chi connectivity index (χ0n) is 15.6. The molecule has 2 aliphatic carbocycles. The standard InChI is InChI=1S/C19H36N2O3/c1-19(2,3)24-18(23)21-13-15-8-4-5-10-17(15)20-12-14-7-6-9-16(22)11-14/h14-17,20,22H,4-13H2,1-3H3,(H,21,23). The van der Waals surface area contributed by atoms with Crippen molar-refractivity contribution in [1.29, 1.82) is 0 Å². The number of hydrogen-bond donors (Lipinski definition) is 3. The number of carbonyl (C=O) groups excluding carboxylic acids is 1. The van der Waals surface area contributed by atoms with Crippen LogP contribution in [0.1, 0.15) is 72.1 Å². The van der Waals surface area contributed by atoms with Crippen LogP contribution in [0.5, 0.6) is 0 Å². The number of ether oxygens (including phenoxy) is 1. The average molecular weight is 341 g/mol. The van der Waals surface area contributed by atoms with Crippen molar-refractivity contribution in [3.8, 4) is 0 Å². The normalized spacial score (nSPS) is 31.5. The van der Waals surface area contributed by atoms with Crippen molar-refractivity contribution in [2.24, 2.45) is 11.8 Å². The molecule has 0 aromatic rings. The first kappa shape index (κ1) is 19.5. The van der Waals surface area contributed by atoms with Crippen molar-refractivity contribution in [2.75, 3.05) is 13.1 Å². The highest BCUT2D eigenvalue weighted by Gasteiger charge is 2.28. The van der Waals surface area contributed by atoms with Gasteiger partial charge in [-0.25, -0.2) is 4.79 Å². The van der Waals surface area contributed by atoms with Crippen LogP contribution in [0.2, 0.25) is 0 Å². The van der Waals surface area contributed by atoms with Crippen molar-refractivity contribution < 1.29 is 14.6 Å². The number of amides is 1. The number of rotatable bonds is 5. The Balaban J connectivity index is 1.74. The molecular weight excluding hydrogens is 304 g/mol. The quantitative estimate of drug-likeness (QED) is 0.719. The molecule has 2 saturated carbocycles. The molecule has 5 nitrogen and oxygen atoms in total. The van der Waals surface area contributed by atoms with Crippen LogP contribution in [0.3, 0.4) is 0 Å². The van der Waals surface area contributed by atoms with E-state index in [0.717, 1.165) is 32.2 Å². The van der Waals surface area contributed by atoms with E-state index in [1.54, 1.807) is 0 Å².